The van der Waals surface area contributed by atoms with Gasteiger partial charge in [-0.25, -0.2) is 4.79 Å². The predicted octanol–water partition coefficient (Wildman–Crippen LogP) is 4.54. The van der Waals surface area contributed by atoms with Gasteiger partial charge in [-0.2, -0.15) is 8.78 Å². The number of hydrogen-bond donors (Lipinski definition) is 1. The smallest absolute Gasteiger partial charge is 0.396 e. The topological polar surface area (TPSA) is 50.4 Å². The second kappa shape index (κ2) is 5.50. The third-order valence-corrected chi connectivity index (χ3v) is 4.30. The van der Waals surface area contributed by atoms with Crippen LogP contribution in [0.3, 0.4) is 0 Å². The first-order valence-electron chi connectivity index (χ1n) is 5.85. The van der Waals surface area contributed by atoms with E-state index in [1.165, 1.54) is 12.1 Å². The number of aromatic hydroxyl groups is 1. The Morgan fingerprint density at radius 1 is 1.19 bits per heavy atom. The summed E-state index contributed by atoms with van der Waals surface area (Å²) >= 11 is 1.36. The fourth-order valence-electron chi connectivity index (χ4n) is 1.99. The summed E-state index contributed by atoms with van der Waals surface area (Å²) in [6.45, 7) is 0. The molecule has 0 fully saturated rings. The predicted molar refractivity (Wildman–Crippen MR) is 79.3 cm³/mol. The summed E-state index contributed by atoms with van der Waals surface area (Å²) in [5.74, 6) is -2.46. The third kappa shape index (κ3) is 2.93. The Hall–Kier alpha value is -1.86. The molecule has 1 heterocycles. The normalized spacial score (nSPS) is 11.4. The first-order chi connectivity index (χ1) is 10.0. The first kappa shape index (κ1) is 14.1. The van der Waals surface area contributed by atoms with Crippen molar-refractivity contribution in [3.05, 3.63) is 46.1 Å². The number of thioether (sulfide) groups is 1. The summed E-state index contributed by atoms with van der Waals surface area (Å²) < 4.78 is 30.3. The van der Waals surface area contributed by atoms with E-state index in [1.54, 1.807) is 24.3 Å². The van der Waals surface area contributed by atoms with Crippen LogP contribution in [0.5, 0.6) is 5.75 Å². The van der Waals surface area contributed by atoms with Crippen LogP contribution in [0.2, 0.25) is 0 Å². The minimum atomic E-state index is -2.47. The van der Waals surface area contributed by atoms with Crippen LogP contribution >= 0.6 is 23.1 Å². The van der Waals surface area contributed by atoms with Crippen LogP contribution in [0.25, 0.3) is 21.4 Å². The molecule has 2 aromatic carbocycles. The highest BCUT2D eigenvalue weighted by Crippen LogP contribution is 2.35. The summed E-state index contributed by atoms with van der Waals surface area (Å²) in [6, 6.07) is 9.36. The molecule has 0 saturated carbocycles. The van der Waals surface area contributed by atoms with E-state index in [9.17, 15) is 18.7 Å². The molecule has 1 aromatic heterocycles. The highest BCUT2D eigenvalue weighted by atomic mass is 32.2. The van der Waals surface area contributed by atoms with E-state index < -0.39 is 10.7 Å². The van der Waals surface area contributed by atoms with Gasteiger partial charge in [-0.15, -0.1) is 0 Å². The van der Waals surface area contributed by atoms with Crippen LogP contribution in [0.4, 0.5) is 8.78 Å². The molecule has 0 amide bonds. The number of alkyl halides is 2. The highest BCUT2D eigenvalue weighted by molar-refractivity contribution is 7.99. The maximum absolute atomic E-state index is 12.3. The standard InChI is InChI=1S/C14H8F2O3S2/c15-13(16)20-9-3-1-7(2-4-9)10-5-8(17)6-11-12(10)19-14(18)21-11/h1-6,13,17H. The van der Waals surface area contributed by atoms with Gasteiger partial charge in [0, 0.05) is 16.5 Å². The van der Waals surface area contributed by atoms with Gasteiger partial charge >= 0.3 is 4.94 Å². The summed E-state index contributed by atoms with van der Waals surface area (Å²) in [7, 11) is 0. The maximum atomic E-state index is 12.3. The highest BCUT2D eigenvalue weighted by Gasteiger charge is 2.12. The fourth-order valence-corrected chi connectivity index (χ4v) is 3.22. The minimum Gasteiger partial charge on any atom is -0.508 e. The van der Waals surface area contributed by atoms with Crippen molar-refractivity contribution in [3.8, 4) is 16.9 Å². The Morgan fingerprint density at radius 2 is 1.90 bits per heavy atom. The van der Waals surface area contributed by atoms with Gasteiger partial charge in [0.1, 0.15) is 5.75 Å². The van der Waals surface area contributed by atoms with E-state index in [1.807, 2.05) is 0 Å². The molecule has 0 aliphatic rings. The Labute approximate surface area is 125 Å². The lowest BCUT2D eigenvalue weighted by atomic mass is 10.0. The van der Waals surface area contributed by atoms with Crippen molar-refractivity contribution in [1.82, 2.24) is 0 Å². The van der Waals surface area contributed by atoms with E-state index in [0.717, 1.165) is 11.3 Å². The molecule has 7 heteroatoms. The van der Waals surface area contributed by atoms with Gasteiger partial charge in [-0.1, -0.05) is 35.2 Å². The molecule has 0 bridgehead atoms. The molecular weight excluding hydrogens is 318 g/mol. The zero-order chi connectivity index (χ0) is 15.0. The summed E-state index contributed by atoms with van der Waals surface area (Å²) in [6.07, 6.45) is 0. The molecule has 3 aromatic rings. The molecule has 0 aliphatic carbocycles. The van der Waals surface area contributed by atoms with Gasteiger partial charge in [0.2, 0.25) is 0 Å². The van der Waals surface area contributed by atoms with Crippen LogP contribution < -0.4 is 4.94 Å². The Morgan fingerprint density at radius 3 is 2.57 bits per heavy atom. The van der Waals surface area contributed by atoms with Crippen LogP contribution in [0.15, 0.2) is 50.5 Å². The van der Waals surface area contributed by atoms with Crippen molar-refractivity contribution in [2.45, 2.75) is 10.7 Å². The van der Waals surface area contributed by atoms with Crippen molar-refractivity contribution >= 4 is 33.4 Å². The van der Waals surface area contributed by atoms with E-state index >= 15 is 0 Å². The lowest BCUT2D eigenvalue weighted by Crippen LogP contribution is -1.84. The van der Waals surface area contributed by atoms with Crippen LogP contribution in [0.1, 0.15) is 0 Å². The number of rotatable bonds is 3. The van der Waals surface area contributed by atoms with E-state index in [2.05, 4.69) is 0 Å². The number of fused-ring (bicyclic) bond motifs is 1. The average molecular weight is 326 g/mol. The fraction of sp³-hybridized carbons (Fsp3) is 0.0714. The first-order valence-corrected chi connectivity index (χ1v) is 7.54. The van der Waals surface area contributed by atoms with Crippen molar-refractivity contribution in [3.63, 3.8) is 0 Å². The van der Waals surface area contributed by atoms with Crippen molar-refractivity contribution in [1.29, 1.82) is 0 Å². The second-order valence-corrected chi connectivity index (χ2v) is 6.22. The minimum absolute atomic E-state index is 0.0144. The number of halogens is 2. The Kier molecular flexibility index (Phi) is 3.69. The van der Waals surface area contributed by atoms with Gasteiger partial charge in [0.05, 0.1) is 4.70 Å². The van der Waals surface area contributed by atoms with Crippen LogP contribution in [-0.4, -0.2) is 10.9 Å². The monoisotopic (exact) mass is 326 g/mol. The van der Waals surface area contributed by atoms with Gasteiger partial charge < -0.3 is 9.52 Å². The Bertz CT molecular complexity index is 838. The Balaban J connectivity index is 2.09. The SMILES string of the molecule is O=c1oc2c(-c3ccc(SC(F)F)cc3)cc(O)cc2s1. The second-order valence-electron chi connectivity index (χ2n) is 4.18. The number of hydrogen-bond acceptors (Lipinski definition) is 5. The molecule has 0 spiro atoms. The average Bonchev–Trinajstić information content (AvgIpc) is 2.78. The van der Waals surface area contributed by atoms with Crippen molar-refractivity contribution < 1.29 is 18.3 Å². The van der Waals surface area contributed by atoms with Crippen molar-refractivity contribution in [2.75, 3.05) is 0 Å². The molecule has 3 nitrogen and oxygen atoms in total. The third-order valence-electron chi connectivity index (χ3n) is 2.81. The molecule has 21 heavy (non-hydrogen) atoms. The number of benzene rings is 2. The largest absolute Gasteiger partial charge is 0.508 e. The zero-order valence-corrected chi connectivity index (χ0v) is 12.0. The van der Waals surface area contributed by atoms with Gasteiger partial charge in [-0.05, 0) is 23.8 Å². The molecular formula is C14H8F2O3S2. The van der Waals surface area contributed by atoms with Crippen molar-refractivity contribution in [2.24, 2.45) is 0 Å². The summed E-state index contributed by atoms with van der Waals surface area (Å²) in [5.41, 5.74) is 1.62. The molecule has 0 aliphatic heterocycles. The molecule has 1 N–H and O–H groups in total. The lowest BCUT2D eigenvalue weighted by molar-refractivity contribution is 0.252. The van der Waals surface area contributed by atoms with E-state index in [0.29, 0.717) is 38.1 Å². The number of phenols is 1. The number of phenolic OH excluding ortho intramolecular Hbond substituents is 1. The maximum Gasteiger partial charge on any atom is 0.396 e. The van der Waals surface area contributed by atoms with E-state index in [4.69, 9.17) is 4.42 Å². The van der Waals surface area contributed by atoms with Gasteiger partial charge in [0.25, 0.3) is 5.76 Å². The quantitative estimate of drug-likeness (QED) is 0.718. The zero-order valence-electron chi connectivity index (χ0n) is 10.4. The van der Waals surface area contributed by atoms with Gasteiger partial charge in [-0.3, -0.25) is 0 Å². The van der Waals surface area contributed by atoms with E-state index in [-0.39, 0.29) is 5.75 Å². The lowest BCUT2D eigenvalue weighted by Gasteiger charge is -2.05. The summed E-state index contributed by atoms with van der Waals surface area (Å²) in [5, 5.41) is 9.71. The summed E-state index contributed by atoms with van der Waals surface area (Å²) in [4.78, 5) is 11.3. The van der Waals surface area contributed by atoms with Crippen LogP contribution in [0, 0.1) is 0 Å². The van der Waals surface area contributed by atoms with Crippen LogP contribution in [-0.2, 0) is 0 Å². The van der Waals surface area contributed by atoms with Gasteiger partial charge in [0.15, 0.2) is 5.58 Å². The molecule has 108 valence electrons. The molecule has 0 saturated heterocycles. The molecule has 3 rings (SSSR count). The molecule has 0 atom stereocenters. The molecule has 0 radical (unpaired) electrons. The molecule has 0 unspecified atom stereocenters.